The van der Waals surface area contributed by atoms with E-state index >= 15 is 0 Å². The zero-order valence-corrected chi connectivity index (χ0v) is 13.0. The number of carbonyl (C=O) groups excluding carboxylic acids is 2. The number of aryl methyl sites for hydroxylation is 1. The SMILES string of the molecule is Cc1ccc(C(=O)N2CCC[C@H](C(=O)NCC3CC3)C2)cn1. The van der Waals surface area contributed by atoms with Crippen molar-refractivity contribution in [3.8, 4) is 0 Å². The highest BCUT2D eigenvalue weighted by atomic mass is 16.2. The van der Waals surface area contributed by atoms with Crippen LogP contribution in [0.2, 0.25) is 0 Å². The lowest BCUT2D eigenvalue weighted by molar-refractivity contribution is -0.126. The maximum absolute atomic E-state index is 12.5. The molecule has 1 saturated carbocycles. The van der Waals surface area contributed by atoms with Crippen LogP contribution in [-0.2, 0) is 4.79 Å². The van der Waals surface area contributed by atoms with E-state index in [9.17, 15) is 9.59 Å². The van der Waals surface area contributed by atoms with Gasteiger partial charge in [0.15, 0.2) is 0 Å². The zero-order valence-electron chi connectivity index (χ0n) is 13.0. The Balaban J connectivity index is 1.58. The summed E-state index contributed by atoms with van der Waals surface area (Å²) in [5, 5.41) is 3.03. The average Bonchev–Trinajstić information content (AvgIpc) is 3.37. The molecule has 0 spiro atoms. The standard InChI is InChI=1S/C17H23N3O2/c1-12-4-7-14(10-18-12)17(22)20-8-2-3-15(11-20)16(21)19-9-13-5-6-13/h4,7,10,13,15H,2-3,5-6,8-9,11H2,1H3,(H,19,21)/t15-/m0/s1. The number of carbonyl (C=O) groups is 2. The number of likely N-dealkylation sites (tertiary alicyclic amines) is 1. The molecule has 1 aliphatic carbocycles. The molecule has 0 aromatic carbocycles. The number of hydrogen-bond donors (Lipinski definition) is 1. The molecule has 0 radical (unpaired) electrons. The summed E-state index contributed by atoms with van der Waals surface area (Å²) in [5.74, 6) is 0.692. The Bertz CT molecular complexity index is 552. The van der Waals surface area contributed by atoms with Gasteiger partial charge >= 0.3 is 0 Å². The van der Waals surface area contributed by atoms with Crippen LogP contribution < -0.4 is 5.32 Å². The Labute approximate surface area is 131 Å². The van der Waals surface area contributed by atoms with Crippen LogP contribution in [0.15, 0.2) is 18.3 Å². The quantitative estimate of drug-likeness (QED) is 0.922. The minimum absolute atomic E-state index is 0.0211. The van der Waals surface area contributed by atoms with Crippen LogP contribution in [0.25, 0.3) is 0 Å². The highest BCUT2D eigenvalue weighted by Crippen LogP contribution is 2.28. The van der Waals surface area contributed by atoms with Gasteiger partial charge in [-0.15, -0.1) is 0 Å². The van der Waals surface area contributed by atoms with Crippen LogP contribution in [0.3, 0.4) is 0 Å². The molecule has 2 aliphatic rings. The monoisotopic (exact) mass is 301 g/mol. The van der Waals surface area contributed by atoms with Gasteiger partial charge in [0.1, 0.15) is 0 Å². The first-order chi connectivity index (χ1) is 10.6. The van der Waals surface area contributed by atoms with Gasteiger partial charge in [-0.2, -0.15) is 0 Å². The largest absolute Gasteiger partial charge is 0.356 e. The molecule has 2 fully saturated rings. The second kappa shape index (κ2) is 6.46. The van der Waals surface area contributed by atoms with Crippen molar-refractivity contribution in [3.05, 3.63) is 29.6 Å². The van der Waals surface area contributed by atoms with Crippen LogP contribution in [0, 0.1) is 18.8 Å². The van der Waals surface area contributed by atoms with Crippen LogP contribution in [0.1, 0.15) is 41.7 Å². The van der Waals surface area contributed by atoms with E-state index in [1.54, 1.807) is 17.2 Å². The molecule has 0 unspecified atom stereocenters. The summed E-state index contributed by atoms with van der Waals surface area (Å²) in [5.41, 5.74) is 1.50. The third-order valence-electron chi connectivity index (χ3n) is 4.50. The molecule has 0 bridgehead atoms. The summed E-state index contributed by atoms with van der Waals surface area (Å²) in [7, 11) is 0. The molecule has 2 heterocycles. The van der Waals surface area contributed by atoms with E-state index in [1.807, 2.05) is 13.0 Å². The van der Waals surface area contributed by atoms with Gasteiger partial charge in [0, 0.05) is 31.5 Å². The molecule has 2 amide bonds. The van der Waals surface area contributed by atoms with Crippen LogP contribution in [0.5, 0.6) is 0 Å². The van der Waals surface area contributed by atoms with Crippen molar-refractivity contribution in [2.24, 2.45) is 11.8 Å². The second-order valence-electron chi connectivity index (χ2n) is 6.47. The molecule has 5 heteroatoms. The first kappa shape index (κ1) is 15.0. The topological polar surface area (TPSA) is 62.3 Å². The lowest BCUT2D eigenvalue weighted by atomic mass is 9.96. The van der Waals surface area contributed by atoms with E-state index in [4.69, 9.17) is 0 Å². The highest BCUT2D eigenvalue weighted by Gasteiger charge is 2.30. The van der Waals surface area contributed by atoms with Crippen molar-refractivity contribution in [1.82, 2.24) is 15.2 Å². The Kier molecular flexibility index (Phi) is 4.41. The van der Waals surface area contributed by atoms with Gasteiger partial charge in [0.05, 0.1) is 11.5 Å². The number of rotatable bonds is 4. The Morgan fingerprint density at radius 2 is 2.14 bits per heavy atom. The van der Waals surface area contributed by atoms with Crippen molar-refractivity contribution in [2.75, 3.05) is 19.6 Å². The molecule has 1 atom stereocenters. The predicted octanol–water partition coefficient (Wildman–Crippen LogP) is 1.77. The number of aromatic nitrogens is 1. The summed E-state index contributed by atoms with van der Waals surface area (Å²) in [4.78, 5) is 30.7. The molecular weight excluding hydrogens is 278 g/mol. The number of nitrogens with zero attached hydrogens (tertiary/aromatic N) is 2. The fourth-order valence-electron chi connectivity index (χ4n) is 2.86. The summed E-state index contributed by atoms with van der Waals surface area (Å²) in [6.45, 7) is 3.93. The van der Waals surface area contributed by atoms with E-state index in [0.717, 1.165) is 31.6 Å². The van der Waals surface area contributed by atoms with Gasteiger partial charge in [-0.3, -0.25) is 14.6 Å². The van der Waals surface area contributed by atoms with E-state index in [0.29, 0.717) is 18.0 Å². The Morgan fingerprint density at radius 3 is 2.82 bits per heavy atom. The maximum atomic E-state index is 12.5. The van der Waals surface area contributed by atoms with Gasteiger partial charge in [0.2, 0.25) is 5.91 Å². The van der Waals surface area contributed by atoms with Gasteiger partial charge < -0.3 is 10.2 Å². The molecule has 1 saturated heterocycles. The third-order valence-corrected chi connectivity index (χ3v) is 4.50. The first-order valence-electron chi connectivity index (χ1n) is 8.13. The average molecular weight is 301 g/mol. The van der Waals surface area contributed by atoms with Crippen LogP contribution >= 0.6 is 0 Å². The first-order valence-corrected chi connectivity index (χ1v) is 8.13. The van der Waals surface area contributed by atoms with Crippen LogP contribution in [0.4, 0.5) is 0 Å². The molecule has 1 aromatic heterocycles. The van der Waals surface area contributed by atoms with E-state index in [2.05, 4.69) is 10.3 Å². The molecule has 5 nitrogen and oxygen atoms in total. The molecule has 3 rings (SSSR count). The van der Waals surface area contributed by atoms with Gasteiger partial charge in [-0.05, 0) is 50.7 Å². The number of piperidine rings is 1. The summed E-state index contributed by atoms with van der Waals surface area (Å²) in [6, 6.07) is 3.65. The molecule has 118 valence electrons. The summed E-state index contributed by atoms with van der Waals surface area (Å²) in [6.07, 6.45) is 5.83. The smallest absolute Gasteiger partial charge is 0.255 e. The van der Waals surface area contributed by atoms with Crippen LogP contribution in [-0.4, -0.2) is 41.3 Å². The molecule has 1 aromatic rings. The molecule has 22 heavy (non-hydrogen) atoms. The summed E-state index contributed by atoms with van der Waals surface area (Å²) < 4.78 is 0. The number of amides is 2. The van der Waals surface area contributed by atoms with Crippen molar-refractivity contribution in [3.63, 3.8) is 0 Å². The summed E-state index contributed by atoms with van der Waals surface area (Å²) >= 11 is 0. The number of hydrogen-bond acceptors (Lipinski definition) is 3. The van der Waals surface area contributed by atoms with Crippen molar-refractivity contribution in [1.29, 1.82) is 0 Å². The second-order valence-corrected chi connectivity index (χ2v) is 6.47. The lowest BCUT2D eigenvalue weighted by Gasteiger charge is -2.32. The lowest BCUT2D eigenvalue weighted by Crippen LogP contribution is -2.45. The van der Waals surface area contributed by atoms with Crippen molar-refractivity contribution >= 4 is 11.8 Å². The normalized spacial score (nSPS) is 21.5. The minimum Gasteiger partial charge on any atom is -0.356 e. The van der Waals surface area contributed by atoms with Crippen molar-refractivity contribution < 1.29 is 9.59 Å². The maximum Gasteiger partial charge on any atom is 0.255 e. The minimum atomic E-state index is -0.0742. The van der Waals surface area contributed by atoms with E-state index in [-0.39, 0.29) is 17.7 Å². The third kappa shape index (κ3) is 3.64. The van der Waals surface area contributed by atoms with E-state index in [1.165, 1.54) is 12.8 Å². The number of nitrogens with one attached hydrogen (secondary N) is 1. The van der Waals surface area contributed by atoms with Gasteiger partial charge in [-0.1, -0.05) is 0 Å². The van der Waals surface area contributed by atoms with Crippen molar-refractivity contribution in [2.45, 2.75) is 32.6 Å². The Hall–Kier alpha value is -1.91. The van der Waals surface area contributed by atoms with Gasteiger partial charge in [-0.25, -0.2) is 0 Å². The fourth-order valence-corrected chi connectivity index (χ4v) is 2.86. The fraction of sp³-hybridized carbons (Fsp3) is 0.588. The zero-order chi connectivity index (χ0) is 15.5. The van der Waals surface area contributed by atoms with Gasteiger partial charge in [0.25, 0.3) is 5.91 Å². The predicted molar refractivity (Wildman–Crippen MR) is 83.3 cm³/mol. The Morgan fingerprint density at radius 1 is 1.32 bits per heavy atom. The van der Waals surface area contributed by atoms with E-state index < -0.39 is 0 Å². The number of pyridine rings is 1. The molecular formula is C17H23N3O2. The molecule has 1 aliphatic heterocycles. The highest BCUT2D eigenvalue weighted by molar-refractivity contribution is 5.94. The molecule has 1 N–H and O–H groups in total.